The van der Waals surface area contributed by atoms with E-state index in [4.69, 9.17) is 5.14 Å². The molecule has 0 radical (unpaired) electrons. The summed E-state index contributed by atoms with van der Waals surface area (Å²) in [5.74, 6) is -1.43. The lowest BCUT2D eigenvalue weighted by Gasteiger charge is -2.10. The number of sulfonamides is 1. The van der Waals surface area contributed by atoms with Gasteiger partial charge in [-0.15, -0.1) is 0 Å². The minimum Gasteiger partial charge on any atom is -0.350 e. The predicted octanol–water partition coefficient (Wildman–Crippen LogP) is 1.37. The molecule has 0 saturated carbocycles. The summed E-state index contributed by atoms with van der Waals surface area (Å²) in [5.41, 5.74) is -0.103. The summed E-state index contributed by atoms with van der Waals surface area (Å²) in [5, 5.41) is 7.47. The molecule has 0 aliphatic heterocycles. The van der Waals surface area contributed by atoms with E-state index in [9.17, 15) is 17.6 Å². The van der Waals surface area contributed by atoms with E-state index in [0.717, 1.165) is 12.1 Å². The first-order chi connectivity index (χ1) is 8.12. The Morgan fingerprint density at radius 2 is 2.00 bits per heavy atom. The summed E-state index contributed by atoms with van der Waals surface area (Å²) in [4.78, 5) is 11.2. The fourth-order valence-corrected chi connectivity index (χ4v) is 2.79. The Labute approximate surface area is 113 Å². The Kier molecular flexibility index (Phi) is 4.46. The van der Waals surface area contributed by atoms with Gasteiger partial charge in [0.2, 0.25) is 10.0 Å². The van der Waals surface area contributed by atoms with E-state index in [1.807, 2.05) is 0 Å². The summed E-state index contributed by atoms with van der Waals surface area (Å²) in [6, 6.07) is 1.82. The molecule has 0 aromatic heterocycles. The molecule has 1 rings (SSSR count). The Morgan fingerprint density at radius 1 is 1.44 bits per heavy atom. The smallest absolute Gasteiger partial charge is 0.251 e. The average molecular weight is 339 g/mol. The Hall–Kier alpha value is -0.990. The maximum atomic E-state index is 13.5. The molecule has 3 N–H and O–H groups in total. The highest BCUT2D eigenvalue weighted by atomic mass is 79.9. The van der Waals surface area contributed by atoms with Gasteiger partial charge in [0.1, 0.15) is 5.82 Å². The Bertz CT molecular complexity index is 587. The van der Waals surface area contributed by atoms with Gasteiger partial charge in [0, 0.05) is 11.6 Å². The second kappa shape index (κ2) is 5.33. The predicted molar refractivity (Wildman–Crippen MR) is 68.1 cm³/mol. The van der Waals surface area contributed by atoms with Crippen LogP contribution in [0, 0.1) is 5.82 Å². The highest BCUT2D eigenvalue weighted by molar-refractivity contribution is 9.10. The first-order valence-electron chi connectivity index (χ1n) is 4.95. The maximum Gasteiger partial charge on any atom is 0.251 e. The molecular formula is C10H12BrFN2O3S. The third-order valence-electron chi connectivity index (χ3n) is 1.98. The zero-order valence-corrected chi connectivity index (χ0v) is 12.1. The Morgan fingerprint density at radius 3 is 2.44 bits per heavy atom. The molecule has 0 spiro atoms. The van der Waals surface area contributed by atoms with Gasteiger partial charge in [-0.05, 0) is 41.9 Å². The van der Waals surface area contributed by atoms with Crippen LogP contribution in [0.5, 0.6) is 0 Å². The van der Waals surface area contributed by atoms with Gasteiger partial charge in [-0.1, -0.05) is 0 Å². The number of benzene rings is 1. The van der Waals surface area contributed by atoms with Crippen LogP contribution in [0.25, 0.3) is 0 Å². The summed E-state index contributed by atoms with van der Waals surface area (Å²) in [7, 11) is -4.11. The lowest BCUT2D eigenvalue weighted by molar-refractivity contribution is 0.0942. The van der Waals surface area contributed by atoms with Crippen molar-refractivity contribution >= 4 is 31.9 Å². The quantitative estimate of drug-likeness (QED) is 0.872. The molecule has 100 valence electrons. The highest BCUT2D eigenvalue weighted by Crippen LogP contribution is 2.25. The SMILES string of the molecule is CC(C)NC(=O)c1cc(F)c(Br)c(S(N)(=O)=O)c1. The van der Waals surface area contributed by atoms with Crippen LogP contribution in [0.2, 0.25) is 0 Å². The van der Waals surface area contributed by atoms with E-state index >= 15 is 0 Å². The first-order valence-corrected chi connectivity index (χ1v) is 7.29. The summed E-state index contributed by atoms with van der Waals surface area (Å²) >= 11 is 2.78. The largest absolute Gasteiger partial charge is 0.350 e. The van der Waals surface area contributed by atoms with Gasteiger partial charge in [0.05, 0.1) is 9.37 Å². The molecule has 8 heteroatoms. The number of carbonyl (C=O) groups excluding carboxylic acids is 1. The van der Waals surface area contributed by atoms with E-state index in [1.54, 1.807) is 13.8 Å². The number of nitrogens with two attached hydrogens (primary N) is 1. The van der Waals surface area contributed by atoms with Crippen molar-refractivity contribution in [2.45, 2.75) is 24.8 Å². The lowest BCUT2D eigenvalue weighted by atomic mass is 10.2. The molecule has 0 unspecified atom stereocenters. The average Bonchev–Trinajstić information content (AvgIpc) is 2.18. The molecule has 1 aromatic rings. The van der Waals surface area contributed by atoms with Crippen molar-refractivity contribution in [1.29, 1.82) is 0 Å². The number of hydrogen-bond donors (Lipinski definition) is 2. The van der Waals surface area contributed by atoms with Crippen LogP contribution in [0.15, 0.2) is 21.5 Å². The van der Waals surface area contributed by atoms with Crippen molar-refractivity contribution in [3.8, 4) is 0 Å². The fraction of sp³-hybridized carbons (Fsp3) is 0.300. The summed E-state index contributed by atoms with van der Waals surface area (Å²) in [6.45, 7) is 3.46. The molecule has 18 heavy (non-hydrogen) atoms. The standard InChI is InChI=1S/C10H12BrFN2O3S/c1-5(2)14-10(15)6-3-7(12)9(11)8(4-6)18(13,16)17/h3-5H,1-2H3,(H,14,15)(H2,13,16,17). The molecule has 0 saturated heterocycles. The molecule has 1 aromatic carbocycles. The van der Waals surface area contributed by atoms with E-state index in [1.165, 1.54) is 0 Å². The number of nitrogens with one attached hydrogen (secondary N) is 1. The summed E-state index contributed by atoms with van der Waals surface area (Å²) in [6.07, 6.45) is 0. The second-order valence-corrected chi connectivity index (χ2v) is 6.27. The monoisotopic (exact) mass is 338 g/mol. The minimum atomic E-state index is -4.11. The van der Waals surface area contributed by atoms with Crippen LogP contribution in [-0.2, 0) is 10.0 Å². The van der Waals surface area contributed by atoms with Crippen LogP contribution >= 0.6 is 15.9 Å². The Balaban J connectivity index is 3.34. The number of hydrogen-bond acceptors (Lipinski definition) is 3. The van der Waals surface area contributed by atoms with Crippen molar-refractivity contribution in [1.82, 2.24) is 5.32 Å². The number of amides is 1. The first kappa shape index (κ1) is 15.1. The van der Waals surface area contributed by atoms with E-state index in [2.05, 4.69) is 21.2 Å². The van der Waals surface area contributed by atoms with Crippen LogP contribution in [0.3, 0.4) is 0 Å². The number of rotatable bonds is 3. The summed E-state index contributed by atoms with van der Waals surface area (Å²) < 4.78 is 35.7. The van der Waals surface area contributed by atoms with E-state index < -0.39 is 26.6 Å². The maximum absolute atomic E-state index is 13.5. The minimum absolute atomic E-state index is 0.103. The van der Waals surface area contributed by atoms with Crippen molar-refractivity contribution in [3.05, 3.63) is 28.0 Å². The van der Waals surface area contributed by atoms with Gasteiger partial charge in [-0.2, -0.15) is 0 Å². The topological polar surface area (TPSA) is 89.3 Å². The number of carbonyl (C=O) groups is 1. The third kappa shape index (κ3) is 3.50. The molecule has 0 heterocycles. The van der Waals surface area contributed by atoms with Gasteiger partial charge in [-0.3, -0.25) is 4.79 Å². The fourth-order valence-electron chi connectivity index (χ4n) is 1.25. The zero-order chi connectivity index (χ0) is 14.1. The van der Waals surface area contributed by atoms with Crippen LogP contribution in [0.4, 0.5) is 4.39 Å². The van der Waals surface area contributed by atoms with Crippen molar-refractivity contribution < 1.29 is 17.6 Å². The van der Waals surface area contributed by atoms with Gasteiger partial charge in [0.25, 0.3) is 5.91 Å². The zero-order valence-electron chi connectivity index (χ0n) is 9.70. The second-order valence-electron chi connectivity index (χ2n) is 3.94. The molecule has 5 nitrogen and oxygen atoms in total. The molecule has 1 amide bonds. The molecule has 0 bridgehead atoms. The van der Waals surface area contributed by atoms with Crippen LogP contribution in [-0.4, -0.2) is 20.4 Å². The normalized spacial score (nSPS) is 11.7. The molecule has 0 fully saturated rings. The van der Waals surface area contributed by atoms with Crippen LogP contribution in [0.1, 0.15) is 24.2 Å². The lowest BCUT2D eigenvalue weighted by Crippen LogP contribution is -2.30. The van der Waals surface area contributed by atoms with Crippen molar-refractivity contribution in [2.75, 3.05) is 0 Å². The molecule has 0 aliphatic carbocycles. The van der Waals surface area contributed by atoms with Gasteiger partial charge in [0.15, 0.2) is 0 Å². The molecular weight excluding hydrogens is 327 g/mol. The molecule has 0 aliphatic rings. The van der Waals surface area contributed by atoms with Crippen molar-refractivity contribution in [2.24, 2.45) is 5.14 Å². The third-order valence-corrected chi connectivity index (χ3v) is 3.99. The van der Waals surface area contributed by atoms with Crippen LogP contribution < -0.4 is 10.5 Å². The number of primary sulfonamides is 1. The van der Waals surface area contributed by atoms with Gasteiger partial charge in [-0.25, -0.2) is 17.9 Å². The number of halogens is 2. The van der Waals surface area contributed by atoms with Crippen molar-refractivity contribution in [3.63, 3.8) is 0 Å². The molecule has 0 atom stereocenters. The highest BCUT2D eigenvalue weighted by Gasteiger charge is 2.20. The van der Waals surface area contributed by atoms with E-state index in [-0.39, 0.29) is 16.1 Å². The van der Waals surface area contributed by atoms with E-state index in [0.29, 0.717) is 0 Å². The van der Waals surface area contributed by atoms with Gasteiger partial charge >= 0.3 is 0 Å². The van der Waals surface area contributed by atoms with Gasteiger partial charge < -0.3 is 5.32 Å².